The van der Waals surface area contributed by atoms with Crippen molar-refractivity contribution in [3.8, 4) is 0 Å². The van der Waals surface area contributed by atoms with Gasteiger partial charge in [0.1, 0.15) is 0 Å². The van der Waals surface area contributed by atoms with E-state index < -0.39 is 0 Å². The summed E-state index contributed by atoms with van der Waals surface area (Å²) in [6.07, 6.45) is 0.946. The molecule has 0 aliphatic heterocycles. The van der Waals surface area contributed by atoms with Crippen molar-refractivity contribution in [1.29, 1.82) is 0 Å². The molecule has 0 saturated carbocycles. The zero-order chi connectivity index (χ0) is 13.0. The van der Waals surface area contributed by atoms with E-state index >= 15 is 0 Å². The Morgan fingerprint density at radius 2 is 1.90 bits per heavy atom. The maximum absolute atomic E-state index is 6.03. The molecular formula is C15H22Cl2N2S. The van der Waals surface area contributed by atoms with Gasteiger partial charge in [-0.05, 0) is 48.5 Å². The van der Waals surface area contributed by atoms with Crippen LogP contribution in [0.5, 0.6) is 0 Å². The molecule has 1 heterocycles. The van der Waals surface area contributed by atoms with Crippen molar-refractivity contribution in [2.75, 3.05) is 12.3 Å². The minimum absolute atomic E-state index is 0. The number of halogens is 2. The number of rotatable bonds is 5. The number of hydrogen-bond donors (Lipinski definition) is 2. The zero-order valence-corrected chi connectivity index (χ0v) is 14.2. The molecule has 1 atom stereocenters. The molecular weight excluding hydrogens is 311 g/mol. The number of thiophene rings is 1. The molecule has 0 spiro atoms. The highest BCUT2D eigenvalue weighted by Crippen LogP contribution is 2.28. The van der Waals surface area contributed by atoms with Crippen molar-refractivity contribution in [1.82, 2.24) is 5.32 Å². The number of anilines is 1. The maximum Gasteiger partial charge on any atom is 0.0459 e. The summed E-state index contributed by atoms with van der Waals surface area (Å²) in [5.41, 5.74) is 9.50. The zero-order valence-electron chi connectivity index (χ0n) is 11.8. The smallest absolute Gasteiger partial charge is 0.0459 e. The molecule has 20 heavy (non-hydrogen) atoms. The molecule has 112 valence electrons. The van der Waals surface area contributed by atoms with Crippen LogP contribution in [0.2, 0.25) is 0 Å². The Kier molecular flexibility index (Phi) is 8.90. The summed E-state index contributed by atoms with van der Waals surface area (Å²) in [4.78, 5) is 1.42. The van der Waals surface area contributed by atoms with Crippen LogP contribution in [0.4, 0.5) is 5.69 Å². The van der Waals surface area contributed by atoms with E-state index in [1.54, 1.807) is 0 Å². The van der Waals surface area contributed by atoms with Gasteiger partial charge < -0.3 is 11.1 Å². The molecule has 0 aliphatic rings. The van der Waals surface area contributed by atoms with Crippen molar-refractivity contribution < 1.29 is 0 Å². The molecule has 1 aromatic carbocycles. The van der Waals surface area contributed by atoms with E-state index in [1.165, 1.54) is 16.0 Å². The van der Waals surface area contributed by atoms with Gasteiger partial charge in [-0.15, -0.1) is 36.2 Å². The largest absolute Gasteiger partial charge is 0.399 e. The summed E-state index contributed by atoms with van der Waals surface area (Å²) in [6.45, 7) is 5.28. The highest BCUT2D eigenvalue weighted by Gasteiger charge is 2.15. The van der Waals surface area contributed by atoms with E-state index in [1.807, 2.05) is 23.5 Å². The van der Waals surface area contributed by atoms with Crippen molar-refractivity contribution in [3.63, 3.8) is 0 Å². The Morgan fingerprint density at radius 3 is 2.45 bits per heavy atom. The SMILES string of the molecule is CCNC(Cc1ccccc1N)c1sccc1C.Cl.Cl. The van der Waals surface area contributed by atoms with Crippen LogP contribution in [0.1, 0.15) is 29.0 Å². The van der Waals surface area contributed by atoms with Gasteiger partial charge in [-0.2, -0.15) is 0 Å². The standard InChI is InChI=1S/C15H20N2S.2ClH/c1-3-17-14(15-11(2)8-9-18-15)10-12-6-4-5-7-13(12)16;;/h4-9,14,17H,3,10,16H2,1-2H3;2*1H. The summed E-state index contributed by atoms with van der Waals surface area (Å²) >= 11 is 1.82. The predicted octanol–water partition coefficient (Wildman–Crippen LogP) is 4.38. The lowest BCUT2D eigenvalue weighted by Crippen LogP contribution is -2.23. The van der Waals surface area contributed by atoms with Gasteiger partial charge in [0.25, 0.3) is 0 Å². The van der Waals surface area contributed by atoms with Gasteiger partial charge in [-0.3, -0.25) is 0 Å². The Labute approximate surface area is 137 Å². The Bertz CT molecular complexity index is 514. The summed E-state index contributed by atoms with van der Waals surface area (Å²) in [7, 11) is 0. The third-order valence-corrected chi connectivity index (χ3v) is 4.28. The van der Waals surface area contributed by atoms with Crippen LogP contribution >= 0.6 is 36.2 Å². The van der Waals surface area contributed by atoms with Gasteiger partial charge >= 0.3 is 0 Å². The molecule has 0 aliphatic carbocycles. The van der Waals surface area contributed by atoms with E-state index in [0.29, 0.717) is 6.04 Å². The van der Waals surface area contributed by atoms with Gasteiger partial charge in [0.15, 0.2) is 0 Å². The van der Waals surface area contributed by atoms with Crippen LogP contribution in [0.15, 0.2) is 35.7 Å². The highest BCUT2D eigenvalue weighted by molar-refractivity contribution is 7.10. The monoisotopic (exact) mass is 332 g/mol. The second kappa shape index (κ2) is 9.24. The predicted molar refractivity (Wildman–Crippen MR) is 94.5 cm³/mol. The first-order valence-corrected chi connectivity index (χ1v) is 7.21. The average Bonchev–Trinajstić information content (AvgIpc) is 2.78. The minimum atomic E-state index is 0. The minimum Gasteiger partial charge on any atom is -0.399 e. The van der Waals surface area contributed by atoms with Gasteiger partial charge in [0.05, 0.1) is 0 Å². The fraction of sp³-hybridized carbons (Fsp3) is 0.333. The van der Waals surface area contributed by atoms with Crippen LogP contribution < -0.4 is 11.1 Å². The van der Waals surface area contributed by atoms with Gasteiger partial charge in [0.2, 0.25) is 0 Å². The van der Waals surface area contributed by atoms with Crippen molar-refractivity contribution >= 4 is 41.8 Å². The molecule has 2 nitrogen and oxygen atoms in total. The molecule has 2 aromatic rings. The molecule has 0 saturated heterocycles. The quantitative estimate of drug-likeness (QED) is 0.797. The molecule has 1 unspecified atom stereocenters. The van der Waals surface area contributed by atoms with Crippen molar-refractivity contribution in [2.45, 2.75) is 26.3 Å². The van der Waals surface area contributed by atoms with Gasteiger partial charge in [0, 0.05) is 16.6 Å². The number of para-hydroxylation sites is 1. The lowest BCUT2D eigenvalue weighted by molar-refractivity contribution is 0.557. The highest BCUT2D eigenvalue weighted by atomic mass is 35.5. The van der Waals surface area contributed by atoms with E-state index in [-0.39, 0.29) is 24.8 Å². The number of benzene rings is 1. The van der Waals surface area contributed by atoms with E-state index in [4.69, 9.17) is 5.73 Å². The second-order valence-electron chi connectivity index (χ2n) is 4.48. The first-order valence-electron chi connectivity index (χ1n) is 6.33. The van der Waals surface area contributed by atoms with Crippen molar-refractivity contribution in [2.24, 2.45) is 0 Å². The first kappa shape index (κ1) is 19.3. The summed E-state index contributed by atoms with van der Waals surface area (Å²) in [5.74, 6) is 0. The Hall–Kier alpha value is -0.740. The fourth-order valence-electron chi connectivity index (χ4n) is 2.19. The Balaban J connectivity index is 0.00000180. The fourth-order valence-corrected chi connectivity index (χ4v) is 3.19. The van der Waals surface area contributed by atoms with Crippen molar-refractivity contribution in [3.05, 3.63) is 51.7 Å². The van der Waals surface area contributed by atoms with Crippen LogP contribution in [-0.2, 0) is 6.42 Å². The third-order valence-electron chi connectivity index (χ3n) is 3.15. The molecule has 5 heteroatoms. The van der Waals surface area contributed by atoms with Gasteiger partial charge in [-0.1, -0.05) is 25.1 Å². The molecule has 2 rings (SSSR count). The van der Waals surface area contributed by atoms with Crippen LogP contribution in [-0.4, -0.2) is 6.54 Å². The number of aryl methyl sites for hydroxylation is 1. The average molecular weight is 333 g/mol. The topological polar surface area (TPSA) is 38.0 Å². The summed E-state index contributed by atoms with van der Waals surface area (Å²) < 4.78 is 0. The normalized spacial score (nSPS) is 11.3. The van der Waals surface area contributed by atoms with E-state index in [2.05, 4.69) is 42.7 Å². The molecule has 0 radical (unpaired) electrons. The van der Waals surface area contributed by atoms with E-state index in [0.717, 1.165) is 18.7 Å². The number of likely N-dealkylation sites (N-methyl/N-ethyl adjacent to an activating group) is 1. The second-order valence-corrected chi connectivity index (χ2v) is 5.43. The lowest BCUT2D eigenvalue weighted by atomic mass is 10.0. The number of nitrogens with one attached hydrogen (secondary N) is 1. The molecule has 0 bridgehead atoms. The summed E-state index contributed by atoms with van der Waals surface area (Å²) in [5, 5.41) is 5.71. The maximum atomic E-state index is 6.03. The number of hydrogen-bond acceptors (Lipinski definition) is 3. The van der Waals surface area contributed by atoms with Crippen LogP contribution in [0.3, 0.4) is 0 Å². The van der Waals surface area contributed by atoms with Crippen LogP contribution in [0, 0.1) is 6.92 Å². The first-order chi connectivity index (χ1) is 8.72. The van der Waals surface area contributed by atoms with E-state index in [9.17, 15) is 0 Å². The lowest BCUT2D eigenvalue weighted by Gasteiger charge is -2.18. The Morgan fingerprint density at radius 1 is 1.20 bits per heavy atom. The summed E-state index contributed by atoms with van der Waals surface area (Å²) in [6, 6.07) is 10.7. The molecule has 1 aromatic heterocycles. The third kappa shape index (κ3) is 4.67. The van der Waals surface area contributed by atoms with Crippen LogP contribution in [0.25, 0.3) is 0 Å². The number of nitrogen functional groups attached to an aromatic ring is 1. The molecule has 0 fully saturated rings. The number of nitrogens with two attached hydrogens (primary N) is 1. The molecule has 3 N–H and O–H groups in total. The molecule has 0 amide bonds. The van der Waals surface area contributed by atoms with Gasteiger partial charge in [-0.25, -0.2) is 0 Å².